The lowest BCUT2D eigenvalue weighted by atomic mass is 9.30. The Balaban J connectivity index is 0.965. The molecule has 0 bridgehead atoms. The highest BCUT2D eigenvalue weighted by atomic mass is 16.5. The molecule has 4 aliphatic heterocycles. The molecule has 432 valence electrons. The number of fused-ring (bicyclic) bond motifs is 8. The lowest BCUT2D eigenvalue weighted by molar-refractivity contribution is 0.488. The molecule has 13 aromatic rings. The number of nitrogens with zero attached hydrogens (tertiary/aromatic N) is 5. The van der Waals surface area contributed by atoms with Crippen LogP contribution in [-0.2, 0) is 0 Å². The molecule has 0 spiro atoms. The Bertz CT molecular complexity index is 4940. The van der Waals surface area contributed by atoms with Crippen molar-refractivity contribution in [2.75, 3.05) is 24.5 Å². The molecule has 1 aliphatic carbocycles. The summed E-state index contributed by atoms with van der Waals surface area (Å²) in [5, 5.41) is 0. The molecular formula is C84H59B2N5O. The number of hydrogen-bond acceptors (Lipinski definition) is 6. The third-order valence-corrected chi connectivity index (χ3v) is 19.1. The van der Waals surface area contributed by atoms with Crippen molar-refractivity contribution < 1.29 is 4.74 Å². The van der Waals surface area contributed by atoms with E-state index < -0.39 is 0 Å². The van der Waals surface area contributed by atoms with E-state index in [1.165, 1.54) is 38.7 Å². The van der Waals surface area contributed by atoms with Crippen LogP contribution in [0.15, 0.2) is 345 Å². The fraction of sp³-hybridized carbons (Fsp3) is 0.0238. The van der Waals surface area contributed by atoms with Crippen molar-refractivity contribution in [2.24, 2.45) is 0 Å². The average Bonchev–Trinajstić information content (AvgIpc) is 0.690. The third-order valence-electron chi connectivity index (χ3n) is 19.1. The SMILES string of the molecule is C1=CC(c2ccccc2)=C(N2c3cc4c(cc3B3c5ccccc5N(c5ccccc5)c5cc(N(c6ccccc6)c6ccccc6)cc2c53)B2c3ccccc3N(c3ccccc3)c3cc(N(c5ccccc5)c5ccccc5)cc(c32)O4)[C@H](c2ccccc2)C1. The van der Waals surface area contributed by atoms with E-state index in [1.54, 1.807) is 0 Å². The van der Waals surface area contributed by atoms with Gasteiger partial charge in [0.2, 0.25) is 0 Å². The predicted molar refractivity (Wildman–Crippen MR) is 386 cm³/mol. The van der Waals surface area contributed by atoms with Crippen LogP contribution in [-0.4, -0.2) is 13.4 Å². The van der Waals surface area contributed by atoms with Gasteiger partial charge < -0.3 is 29.2 Å². The molecule has 0 fully saturated rings. The second-order valence-electron chi connectivity index (χ2n) is 24.3. The second-order valence-corrected chi connectivity index (χ2v) is 24.3. The topological polar surface area (TPSA) is 25.4 Å². The molecule has 6 nitrogen and oxygen atoms in total. The van der Waals surface area contributed by atoms with E-state index >= 15 is 0 Å². The predicted octanol–water partition coefficient (Wildman–Crippen LogP) is 17.9. The summed E-state index contributed by atoms with van der Waals surface area (Å²) in [4.78, 5) is 12.5. The first-order valence-electron chi connectivity index (χ1n) is 31.9. The van der Waals surface area contributed by atoms with Gasteiger partial charge in [-0.25, -0.2) is 0 Å². The van der Waals surface area contributed by atoms with Crippen LogP contribution in [0.4, 0.5) is 79.6 Å². The molecule has 0 saturated heterocycles. The molecule has 0 saturated carbocycles. The molecule has 0 radical (unpaired) electrons. The highest BCUT2D eigenvalue weighted by molar-refractivity contribution is 7.02. The summed E-state index contributed by atoms with van der Waals surface area (Å²) in [6.45, 7) is -0.400. The summed E-state index contributed by atoms with van der Waals surface area (Å²) in [6.07, 6.45) is 5.58. The Kier molecular flexibility index (Phi) is 12.8. The van der Waals surface area contributed by atoms with Crippen molar-refractivity contribution in [3.05, 3.63) is 357 Å². The standard InChI is InChI=1S/C84H59B2N5O/c1-9-30-58(31-10-1)68-46-29-47-69(59-32-11-2-12-33-59)84(68)91-76-57-80-73(86-71-49-26-28-51-75(71)90(65-44-23-8-24-45-65)79-54-67(55-81(92-80)83(79)86)88(62-38-17-5-18-39-62)63-40-19-6-20-41-63)56-72(76)85-70-48-25-27-50-74(70)89(64-42-21-7-22-43-64)77-52-66(53-78(91)82(77)85)87(60-34-13-3-14-35-60)61-36-15-4-16-37-61/h1-46,48-57,69H,47H2/t69-/m0/s1. The lowest BCUT2D eigenvalue weighted by Gasteiger charge is -2.48. The first kappa shape index (κ1) is 53.3. The van der Waals surface area contributed by atoms with Crippen LogP contribution < -0.4 is 62.0 Å². The molecule has 1 atom stereocenters. The van der Waals surface area contributed by atoms with Gasteiger partial charge in [0.05, 0.1) is 11.4 Å². The van der Waals surface area contributed by atoms with Gasteiger partial charge in [-0.1, -0.05) is 224 Å². The number of ether oxygens (including phenoxy) is 1. The van der Waals surface area contributed by atoms with Crippen LogP contribution in [0.3, 0.4) is 0 Å². The maximum absolute atomic E-state index is 7.90. The van der Waals surface area contributed by atoms with Gasteiger partial charge in [-0.15, -0.1) is 0 Å². The largest absolute Gasteiger partial charge is 0.458 e. The monoisotopic (exact) mass is 1180 g/mol. The minimum absolute atomic E-state index is 0.0421. The summed E-state index contributed by atoms with van der Waals surface area (Å²) in [7, 11) is 0. The summed E-state index contributed by atoms with van der Waals surface area (Å²) >= 11 is 0. The number of para-hydroxylation sites is 8. The number of benzene rings is 13. The molecule has 0 amide bonds. The van der Waals surface area contributed by atoms with Crippen LogP contribution in [0, 0.1) is 0 Å². The maximum Gasteiger partial charge on any atom is 0.256 e. The van der Waals surface area contributed by atoms with Crippen LogP contribution in [0.25, 0.3) is 5.57 Å². The smallest absolute Gasteiger partial charge is 0.256 e. The van der Waals surface area contributed by atoms with Crippen LogP contribution in [0.2, 0.25) is 0 Å². The molecule has 5 aliphatic rings. The molecular weight excluding hydrogens is 1120 g/mol. The normalized spacial score (nSPS) is 14.5. The molecule has 0 unspecified atom stereocenters. The zero-order chi connectivity index (χ0) is 60.6. The first-order valence-corrected chi connectivity index (χ1v) is 31.9. The summed E-state index contributed by atoms with van der Waals surface area (Å²) < 4.78 is 7.90. The molecule has 4 heterocycles. The highest BCUT2D eigenvalue weighted by Gasteiger charge is 2.49. The number of allylic oxidation sites excluding steroid dienone is 4. The Morgan fingerprint density at radius 3 is 1.24 bits per heavy atom. The van der Waals surface area contributed by atoms with Crippen molar-refractivity contribution in [1.82, 2.24) is 0 Å². The molecule has 8 heteroatoms. The Hall–Kier alpha value is -11.7. The van der Waals surface area contributed by atoms with Crippen molar-refractivity contribution in [3.63, 3.8) is 0 Å². The van der Waals surface area contributed by atoms with E-state index in [2.05, 4.69) is 364 Å². The molecule has 0 N–H and O–H groups in total. The number of rotatable bonds is 11. The fourth-order valence-electron chi connectivity index (χ4n) is 15.4. The summed E-state index contributed by atoms with van der Waals surface area (Å²) in [5.41, 5.74) is 27.1. The van der Waals surface area contributed by atoms with Gasteiger partial charge in [0.1, 0.15) is 11.5 Å². The van der Waals surface area contributed by atoms with Gasteiger partial charge in [-0.05, 0) is 153 Å². The van der Waals surface area contributed by atoms with Crippen molar-refractivity contribution >= 4 is 131 Å². The van der Waals surface area contributed by atoms with E-state index in [1.807, 2.05) is 0 Å². The van der Waals surface area contributed by atoms with E-state index in [9.17, 15) is 0 Å². The average molecular weight is 1180 g/mol. The molecule has 13 aromatic carbocycles. The quantitative estimate of drug-likeness (QED) is 0.120. The Morgan fingerprint density at radius 1 is 0.315 bits per heavy atom. The minimum atomic E-state index is -0.202. The van der Waals surface area contributed by atoms with Crippen molar-refractivity contribution in [3.8, 4) is 11.5 Å². The van der Waals surface area contributed by atoms with Gasteiger partial charge in [0, 0.05) is 97.6 Å². The van der Waals surface area contributed by atoms with Crippen LogP contribution in [0.5, 0.6) is 11.5 Å². The van der Waals surface area contributed by atoms with Crippen molar-refractivity contribution in [2.45, 2.75) is 12.3 Å². The zero-order valence-electron chi connectivity index (χ0n) is 50.4. The van der Waals surface area contributed by atoms with Gasteiger partial charge in [0.15, 0.2) is 0 Å². The lowest BCUT2D eigenvalue weighted by Crippen LogP contribution is -2.64. The Labute approximate surface area is 537 Å². The van der Waals surface area contributed by atoms with E-state index in [4.69, 9.17) is 4.74 Å². The van der Waals surface area contributed by atoms with E-state index in [0.29, 0.717) is 0 Å². The van der Waals surface area contributed by atoms with Crippen LogP contribution in [0.1, 0.15) is 23.5 Å². The summed E-state index contributed by atoms with van der Waals surface area (Å²) in [6, 6.07) is 120. The molecule has 18 rings (SSSR count). The minimum Gasteiger partial charge on any atom is -0.458 e. The molecule has 0 aromatic heterocycles. The van der Waals surface area contributed by atoms with Gasteiger partial charge >= 0.3 is 0 Å². The molecule has 92 heavy (non-hydrogen) atoms. The van der Waals surface area contributed by atoms with E-state index in [0.717, 1.165) is 114 Å². The van der Waals surface area contributed by atoms with Crippen LogP contribution >= 0.6 is 0 Å². The highest BCUT2D eigenvalue weighted by Crippen LogP contribution is 2.53. The number of hydrogen-bond donors (Lipinski definition) is 0. The van der Waals surface area contributed by atoms with Gasteiger partial charge in [-0.2, -0.15) is 0 Å². The van der Waals surface area contributed by atoms with E-state index in [-0.39, 0.29) is 19.3 Å². The number of anilines is 14. The third kappa shape index (κ3) is 8.66. The Morgan fingerprint density at radius 2 is 0.728 bits per heavy atom. The fourth-order valence-corrected chi connectivity index (χ4v) is 15.4. The van der Waals surface area contributed by atoms with Gasteiger partial charge in [-0.3, -0.25) is 0 Å². The van der Waals surface area contributed by atoms with Crippen molar-refractivity contribution in [1.29, 1.82) is 0 Å². The summed E-state index contributed by atoms with van der Waals surface area (Å²) in [5.74, 6) is 1.61. The second kappa shape index (κ2) is 22.1. The maximum atomic E-state index is 7.90. The zero-order valence-corrected chi connectivity index (χ0v) is 50.4. The first-order chi connectivity index (χ1) is 45.7. The van der Waals surface area contributed by atoms with Gasteiger partial charge in [0.25, 0.3) is 13.4 Å².